The van der Waals surface area contributed by atoms with Crippen molar-refractivity contribution in [3.8, 4) is 0 Å². The molecule has 0 saturated carbocycles. The van der Waals surface area contributed by atoms with E-state index < -0.39 is 6.10 Å². The lowest BCUT2D eigenvalue weighted by Crippen LogP contribution is -2.23. The van der Waals surface area contributed by atoms with Gasteiger partial charge in [-0.15, -0.1) is 0 Å². The van der Waals surface area contributed by atoms with Crippen LogP contribution in [0, 0.1) is 0 Å². The van der Waals surface area contributed by atoms with Crippen LogP contribution in [0.25, 0.3) is 0 Å². The van der Waals surface area contributed by atoms with E-state index in [9.17, 15) is 5.11 Å². The van der Waals surface area contributed by atoms with Crippen LogP contribution < -0.4 is 21.5 Å². The normalized spacial score (nSPS) is 12.1. The third kappa shape index (κ3) is 4.30. The Kier molecular flexibility index (Phi) is 5.53. The largest absolute Gasteiger partial charge is 0.391 e. The molecule has 0 bridgehead atoms. The SMILES string of the molecule is CCCC(O)CNc1nc(NN)nc(N(C)C)n1. The Hall–Kier alpha value is -1.67. The molecule has 1 unspecified atom stereocenters. The predicted molar refractivity (Wildman–Crippen MR) is 71.4 cm³/mol. The van der Waals surface area contributed by atoms with E-state index in [1.165, 1.54) is 0 Å². The van der Waals surface area contributed by atoms with Crippen LogP contribution in [-0.2, 0) is 0 Å². The smallest absolute Gasteiger partial charge is 0.243 e. The summed E-state index contributed by atoms with van der Waals surface area (Å²) in [6.45, 7) is 2.42. The topological polar surface area (TPSA) is 112 Å². The molecule has 0 saturated heterocycles. The van der Waals surface area contributed by atoms with Crippen molar-refractivity contribution in [1.82, 2.24) is 15.0 Å². The second-order valence-corrected chi connectivity index (χ2v) is 4.14. The van der Waals surface area contributed by atoms with E-state index in [2.05, 4.69) is 25.7 Å². The maximum absolute atomic E-state index is 9.63. The fourth-order valence-electron chi connectivity index (χ4n) is 1.35. The summed E-state index contributed by atoms with van der Waals surface area (Å²) in [5.41, 5.74) is 2.38. The number of nitrogens with two attached hydrogens (primary N) is 1. The van der Waals surface area contributed by atoms with Crippen LogP contribution in [0.15, 0.2) is 0 Å². The number of nitrogen functional groups attached to an aromatic ring is 1. The van der Waals surface area contributed by atoms with Crippen LogP contribution in [0.1, 0.15) is 19.8 Å². The van der Waals surface area contributed by atoms with E-state index in [-0.39, 0.29) is 5.95 Å². The molecule has 0 aromatic carbocycles. The van der Waals surface area contributed by atoms with Gasteiger partial charge in [-0.25, -0.2) is 5.84 Å². The highest BCUT2D eigenvalue weighted by atomic mass is 16.3. The van der Waals surface area contributed by atoms with Crippen molar-refractivity contribution < 1.29 is 5.11 Å². The van der Waals surface area contributed by atoms with E-state index in [0.717, 1.165) is 12.8 Å². The third-order valence-electron chi connectivity index (χ3n) is 2.27. The van der Waals surface area contributed by atoms with Gasteiger partial charge in [-0.1, -0.05) is 13.3 Å². The van der Waals surface area contributed by atoms with Gasteiger partial charge in [-0.05, 0) is 6.42 Å². The Morgan fingerprint density at radius 3 is 2.50 bits per heavy atom. The first-order valence-electron chi connectivity index (χ1n) is 5.88. The zero-order chi connectivity index (χ0) is 13.5. The summed E-state index contributed by atoms with van der Waals surface area (Å²) in [7, 11) is 3.65. The summed E-state index contributed by atoms with van der Waals surface area (Å²) in [6.07, 6.45) is 1.25. The number of nitrogens with zero attached hydrogens (tertiary/aromatic N) is 4. The number of aromatic nitrogens is 3. The summed E-state index contributed by atoms with van der Waals surface area (Å²) in [4.78, 5) is 14.1. The fraction of sp³-hybridized carbons (Fsp3) is 0.700. The van der Waals surface area contributed by atoms with Crippen LogP contribution in [0.3, 0.4) is 0 Å². The van der Waals surface area contributed by atoms with Gasteiger partial charge < -0.3 is 15.3 Å². The third-order valence-corrected chi connectivity index (χ3v) is 2.27. The molecular formula is C10H21N7O. The molecule has 0 radical (unpaired) electrons. The minimum atomic E-state index is -0.413. The van der Waals surface area contributed by atoms with Gasteiger partial charge in [0.1, 0.15) is 0 Å². The van der Waals surface area contributed by atoms with E-state index in [1.54, 1.807) is 4.90 Å². The van der Waals surface area contributed by atoms with Crippen LogP contribution in [0.5, 0.6) is 0 Å². The molecule has 1 aromatic rings. The van der Waals surface area contributed by atoms with Gasteiger partial charge in [0, 0.05) is 20.6 Å². The molecule has 8 heteroatoms. The van der Waals surface area contributed by atoms with Crippen molar-refractivity contribution in [3.05, 3.63) is 0 Å². The van der Waals surface area contributed by atoms with Crippen LogP contribution >= 0.6 is 0 Å². The van der Waals surface area contributed by atoms with Crippen molar-refractivity contribution in [2.45, 2.75) is 25.9 Å². The molecule has 0 aliphatic carbocycles. The van der Waals surface area contributed by atoms with Gasteiger partial charge in [-0.3, -0.25) is 5.43 Å². The number of aliphatic hydroxyl groups excluding tert-OH is 1. The molecule has 0 aliphatic rings. The number of hydrogen-bond donors (Lipinski definition) is 4. The van der Waals surface area contributed by atoms with Crippen LogP contribution in [0.2, 0.25) is 0 Å². The van der Waals surface area contributed by atoms with E-state index in [4.69, 9.17) is 5.84 Å². The number of hydrogen-bond acceptors (Lipinski definition) is 8. The summed E-state index contributed by atoms with van der Waals surface area (Å²) < 4.78 is 0. The van der Waals surface area contributed by atoms with Gasteiger partial charge in [0.05, 0.1) is 6.10 Å². The molecule has 18 heavy (non-hydrogen) atoms. The van der Waals surface area contributed by atoms with Crippen LogP contribution in [0.4, 0.5) is 17.8 Å². The highest BCUT2D eigenvalue weighted by Crippen LogP contribution is 2.10. The molecule has 0 fully saturated rings. The highest BCUT2D eigenvalue weighted by molar-refractivity contribution is 5.42. The average Bonchev–Trinajstić information content (AvgIpc) is 2.36. The highest BCUT2D eigenvalue weighted by Gasteiger charge is 2.08. The molecule has 102 valence electrons. The minimum Gasteiger partial charge on any atom is -0.391 e. The number of rotatable bonds is 7. The summed E-state index contributed by atoms with van der Waals surface area (Å²) in [5.74, 6) is 6.45. The quantitative estimate of drug-likeness (QED) is 0.391. The average molecular weight is 255 g/mol. The molecule has 1 heterocycles. The van der Waals surface area contributed by atoms with E-state index in [1.807, 2.05) is 21.0 Å². The first-order chi connectivity index (χ1) is 8.56. The molecule has 1 rings (SSSR count). The maximum Gasteiger partial charge on any atom is 0.243 e. The minimum absolute atomic E-state index is 0.279. The Bertz CT molecular complexity index is 371. The fourth-order valence-corrected chi connectivity index (χ4v) is 1.35. The molecule has 0 amide bonds. The van der Waals surface area contributed by atoms with E-state index in [0.29, 0.717) is 18.4 Å². The second-order valence-electron chi connectivity index (χ2n) is 4.14. The molecule has 1 aromatic heterocycles. The predicted octanol–water partition coefficient (Wildman–Crippen LogP) is -0.204. The van der Waals surface area contributed by atoms with E-state index >= 15 is 0 Å². The first-order valence-corrected chi connectivity index (χ1v) is 5.88. The molecular weight excluding hydrogens is 234 g/mol. The van der Waals surface area contributed by atoms with Crippen molar-refractivity contribution in [1.29, 1.82) is 0 Å². The molecule has 0 spiro atoms. The lowest BCUT2D eigenvalue weighted by Gasteiger charge is -2.14. The van der Waals surface area contributed by atoms with Crippen molar-refractivity contribution in [2.24, 2.45) is 5.84 Å². The summed E-state index contributed by atoms with van der Waals surface area (Å²) in [5, 5.41) is 12.6. The molecule has 1 atom stereocenters. The van der Waals surface area contributed by atoms with Gasteiger partial charge in [0.2, 0.25) is 17.8 Å². The number of anilines is 3. The lowest BCUT2D eigenvalue weighted by molar-refractivity contribution is 0.176. The van der Waals surface area contributed by atoms with Gasteiger partial charge >= 0.3 is 0 Å². The molecule has 8 nitrogen and oxygen atoms in total. The zero-order valence-electron chi connectivity index (χ0n) is 11.0. The summed E-state index contributed by atoms with van der Waals surface area (Å²) >= 11 is 0. The number of hydrazine groups is 1. The van der Waals surface area contributed by atoms with Crippen molar-refractivity contribution in [2.75, 3.05) is 36.3 Å². The Balaban J connectivity index is 2.72. The number of aliphatic hydroxyl groups is 1. The van der Waals surface area contributed by atoms with Crippen molar-refractivity contribution >= 4 is 17.8 Å². The molecule has 5 N–H and O–H groups in total. The first kappa shape index (κ1) is 14.4. The Labute approximate surface area is 107 Å². The van der Waals surface area contributed by atoms with Gasteiger partial charge in [-0.2, -0.15) is 15.0 Å². The maximum atomic E-state index is 9.63. The lowest BCUT2D eigenvalue weighted by atomic mass is 10.2. The van der Waals surface area contributed by atoms with Gasteiger partial charge in [0.25, 0.3) is 0 Å². The Morgan fingerprint density at radius 2 is 1.94 bits per heavy atom. The standard InChI is InChI=1S/C10H21N7O/c1-4-5-7(18)6-12-8-13-9(16-11)15-10(14-8)17(2)3/h7,18H,4-6,11H2,1-3H3,(H2,12,13,14,15,16). The number of nitrogens with one attached hydrogen (secondary N) is 2. The van der Waals surface area contributed by atoms with Crippen molar-refractivity contribution in [3.63, 3.8) is 0 Å². The second kappa shape index (κ2) is 6.92. The zero-order valence-corrected chi connectivity index (χ0v) is 11.0. The summed E-state index contributed by atoms with van der Waals surface area (Å²) in [6, 6.07) is 0. The Morgan fingerprint density at radius 1 is 1.28 bits per heavy atom. The monoisotopic (exact) mass is 255 g/mol. The van der Waals surface area contributed by atoms with Gasteiger partial charge in [0.15, 0.2) is 0 Å². The molecule has 0 aliphatic heterocycles. The van der Waals surface area contributed by atoms with Crippen LogP contribution in [-0.4, -0.2) is 46.8 Å².